The van der Waals surface area contributed by atoms with Gasteiger partial charge in [-0.25, -0.2) is 0 Å². The number of hydrogen-bond donors (Lipinski definition) is 0. The predicted octanol–water partition coefficient (Wildman–Crippen LogP) is 4.28. The van der Waals surface area contributed by atoms with Crippen molar-refractivity contribution >= 4 is 43.3 Å². The highest BCUT2D eigenvalue weighted by molar-refractivity contribution is 9.40. The maximum atomic E-state index is 3.77. The Kier molecular flexibility index (Phi) is 6.27. The van der Waals surface area contributed by atoms with Gasteiger partial charge < -0.3 is 0 Å². The lowest BCUT2D eigenvalue weighted by Gasteiger charge is -2.08. The number of unbranched alkanes of at least 4 members (excludes halogenated alkanes) is 1. The van der Waals surface area contributed by atoms with Gasteiger partial charge in [0.05, 0.1) is 0 Å². The molecule has 0 saturated heterocycles. The van der Waals surface area contributed by atoms with E-state index in [0.29, 0.717) is 0 Å². The second kappa shape index (κ2) is 6.98. The largest absolute Gasteiger partial charge is 0.0928 e. The van der Waals surface area contributed by atoms with Crippen LogP contribution in [0.3, 0.4) is 0 Å². The van der Waals surface area contributed by atoms with Crippen LogP contribution < -0.4 is 5.30 Å². The van der Waals surface area contributed by atoms with Crippen LogP contribution in [-0.2, 0) is 0 Å². The second-order valence-electron chi connectivity index (χ2n) is 2.82. The summed E-state index contributed by atoms with van der Waals surface area (Å²) in [6.45, 7) is -0.0956. The van der Waals surface area contributed by atoms with Crippen molar-refractivity contribution in [2.75, 3.05) is 11.5 Å². The lowest BCUT2D eigenvalue weighted by Crippen LogP contribution is -1.98. The molecule has 0 aliphatic heterocycles. The quantitative estimate of drug-likeness (QED) is 0.431. The third kappa shape index (κ3) is 4.58. The van der Waals surface area contributed by atoms with Crippen LogP contribution in [0.1, 0.15) is 12.8 Å². The summed E-state index contributed by atoms with van der Waals surface area (Å²) in [6, 6.07) is 10.7. The minimum atomic E-state index is -0.0956. The topological polar surface area (TPSA) is 0 Å². The van der Waals surface area contributed by atoms with Gasteiger partial charge in [0.25, 0.3) is 0 Å². The van der Waals surface area contributed by atoms with E-state index in [1.165, 1.54) is 24.3 Å². The molecule has 72 valence electrons. The van der Waals surface area contributed by atoms with E-state index in [2.05, 4.69) is 61.8 Å². The molecule has 0 amide bonds. The molecule has 0 bridgehead atoms. The van der Waals surface area contributed by atoms with E-state index < -0.39 is 0 Å². The van der Waals surface area contributed by atoms with Crippen LogP contribution in [0, 0.1) is 0 Å². The van der Waals surface area contributed by atoms with Gasteiger partial charge >= 0.3 is 0 Å². The van der Waals surface area contributed by atoms with Crippen LogP contribution in [0.4, 0.5) is 0 Å². The zero-order valence-corrected chi connectivity index (χ0v) is 11.5. The van der Waals surface area contributed by atoms with Crippen LogP contribution in [0.25, 0.3) is 0 Å². The third-order valence-corrected chi connectivity index (χ3v) is 6.19. The molecule has 1 atom stereocenters. The highest BCUT2D eigenvalue weighted by Crippen LogP contribution is 2.43. The number of rotatable bonds is 5. The Balaban J connectivity index is 2.35. The fraction of sp³-hybridized carbons (Fsp3) is 0.400. The molecule has 0 aliphatic carbocycles. The molecule has 0 fully saturated rings. The second-order valence-corrected chi connectivity index (χ2v) is 7.87. The summed E-state index contributed by atoms with van der Waals surface area (Å²) in [5.74, 6) is 0. The Morgan fingerprint density at radius 1 is 1.08 bits per heavy atom. The maximum absolute atomic E-state index is 3.77. The summed E-state index contributed by atoms with van der Waals surface area (Å²) in [5.41, 5.74) is 0. The SMILES string of the molecule is BrCCCCP(Br)c1ccccc1. The summed E-state index contributed by atoms with van der Waals surface area (Å²) >= 11 is 7.21. The first kappa shape index (κ1) is 11.7. The molecule has 0 heterocycles. The molecule has 0 N–H and O–H groups in total. The Bertz CT molecular complexity index is 226. The molecule has 1 unspecified atom stereocenters. The molecule has 0 aliphatic rings. The predicted molar refractivity (Wildman–Crippen MR) is 69.8 cm³/mol. The average molecular weight is 324 g/mol. The fourth-order valence-electron chi connectivity index (χ4n) is 1.06. The first-order valence-electron chi connectivity index (χ1n) is 4.39. The summed E-state index contributed by atoms with van der Waals surface area (Å²) in [4.78, 5) is 0. The molecule has 0 saturated carbocycles. The number of alkyl halides is 1. The van der Waals surface area contributed by atoms with E-state index in [0.717, 1.165) is 5.33 Å². The average Bonchev–Trinajstić information content (AvgIpc) is 2.19. The summed E-state index contributed by atoms with van der Waals surface area (Å²) in [5, 5.41) is 2.57. The smallest absolute Gasteiger partial charge is 0.00314 e. The highest BCUT2D eigenvalue weighted by Gasteiger charge is 2.04. The molecule has 13 heavy (non-hydrogen) atoms. The molecule has 0 aromatic heterocycles. The van der Waals surface area contributed by atoms with Crippen LogP contribution in [0.5, 0.6) is 0 Å². The van der Waals surface area contributed by atoms with Gasteiger partial charge in [0.1, 0.15) is 0 Å². The maximum Gasteiger partial charge on any atom is 0.00314 e. The Hall–Kier alpha value is 0.610. The molecule has 3 heteroatoms. The van der Waals surface area contributed by atoms with Gasteiger partial charge in [-0.1, -0.05) is 61.8 Å². The summed E-state index contributed by atoms with van der Waals surface area (Å²) in [7, 11) is 0. The molecule has 0 nitrogen and oxygen atoms in total. The van der Waals surface area contributed by atoms with Crippen LogP contribution in [0.15, 0.2) is 30.3 Å². The lowest BCUT2D eigenvalue weighted by atomic mass is 10.4. The molecule has 1 rings (SSSR count). The van der Waals surface area contributed by atoms with Gasteiger partial charge in [0.2, 0.25) is 0 Å². The first-order valence-corrected chi connectivity index (χ1v) is 9.05. The Labute approximate surface area is 97.7 Å². The van der Waals surface area contributed by atoms with Gasteiger partial charge in [-0.2, -0.15) is 0 Å². The molecular weight excluding hydrogens is 311 g/mol. The van der Waals surface area contributed by atoms with Crippen molar-refractivity contribution < 1.29 is 0 Å². The van der Waals surface area contributed by atoms with Gasteiger partial charge in [0.15, 0.2) is 0 Å². The monoisotopic (exact) mass is 322 g/mol. The van der Waals surface area contributed by atoms with E-state index in [1.807, 2.05) is 0 Å². The van der Waals surface area contributed by atoms with E-state index in [-0.39, 0.29) is 6.62 Å². The van der Waals surface area contributed by atoms with E-state index in [4.69, 9.17) is 0 Å². The summed E-state index contributed by atoms with van der Waals surface area (Å²) in [6.07, 6.45) is 3.86. The minimum Gasteiger partial charge on any atom is -0.0928 e. The standard InChI is InChI=1S/C10H13Br2P/c11-8-4-5-9-13(12)10-6-2-1-3-7-10/h1-3,6-7H,4-5,8-9H2. The number of hydrogen-bond acceptors (Lipinski definition) is 0. The minimum absolute atomic E-state index is 0.0956. The highest BCUT2D eigenvalue weighted by atomic mass is 79.9. The van der Waals surface area contributed by atoms with E-state index in [9.17, 15) is 0 Å². The normalized spacial score (nSPS) is 12.8. The van der Waals surface area contributed by atoms with Crippen molar-refractivity contribution in [1.29, 1.82) is 0 Å². The van der Waals surface area contributed by atoms with Crippen LogP contribution >= 0.6 is 38.0 Å². The van der Waals surface area contributed by atoms with Crippen molar-refractivity contribution in [3.05, 3.63) is 30.3 Å². The first-order chi connectivity index (χ1) is 6.34. The van der Waals surface area contributed by atoms with Crippen LogP contribution in [-0.4, -0.2) is 11.5 Å². The molecule has 0 radical (unpaired) electrons. The number of halogens is 2. The zero-order chi connectivity index (χ0) is 9.52. The van der Waals surface area contributed by atoms with E-state index >= 15 is 0 Å². The van der Waals surface area contributed by atoms with Crippen molar-refractivity contribution in [2.24, 2.45) is 0 Å². The number of benzene rings is 1. The lowest BCUT2D eigenvalue weighted by molar-refractivity contribution is 0.911. The third-order valence-electron chi connectivity index (χ3n) is 1.77. The van der Waals surface area contributed by atoms with Gasteiger partial charge in [-0.3, -0.25) is 0 Å². The molecule has 1 aromatic rings. The van der Waals surface area contributed by atoms with Gasteiger partial charge in [0, 0.05) is 5.33 Å². The van der Waals surface area contributed by atoms with Gasteiger partial charge in [-0.05, 0) is 30.9 Å². The fourth-order valence-corrected chi connectivity index (χ4v) is 4.18. The molecular formula is C10H13Br2P. The van der Waals surface area contributed by atoms with Gasteiger partial charge in [-0.15, -0.1) is 0 Å². The zero-order valence-electron chi connectivity index (χ0n) is 7.42. The van der Waals surface area contributed by atoms with E-state index in [1.54, 1.807) is 0 Å². The summed E-state index contributed by atoms with van der Waals surface area (Å²) < 4.78 is 0. The van der Waals surface area contributed by atoms with Crippen molar-refractivity contribution in [1.82, 2.24) is 0 Å². The Morgan fingerprint density at radius 2 is 1.77 bits per heavy atom. The molecule has 1 aromatic carbocycles. The molecule has 0 spiro atoms. The van der Waals surface area contributed by atoms with Crippen LogP contribution in [0.2, 0.25) is 0 Å². The Morgan fingerprint density at radius 3 is 2.38 bits per heavy atom. The van der Waals surface area contributed by atoms with Crippen molar-refractivity contribution in [3.63, 3.8) is 0 Å². The van der Waals surface area contributed by atoms with Crippen molar-refractivity contribution in [2.45, 2.75) is 12.8 Å². The van der Waals surface area contributed by atoms with Crippen molar-refractivity contribution in [3.8, 4) is 0 Å².